The molecule has 1 aromatic carbocycles. The predicted octanol–water partition coefficient (Wildman–Crippen LogP) is 3.87. The number of hydrogen-bond acceptors (Lipinski definition) is 3. The summed E-state index contributed by atoms with van der Waals surface area (Å²) >= 11 is 0. The molecule has 0 bridgehead atoms. The summed E-state index contributed by atoms with van der Waals surface area (Å²) in [7, 11) is 1.71. The summed E-state index contributed by atoms with van der Waals surface area (Å²) in [5.41, 5.74) is 1.74. The third-order valence-corrected chi connectivity index (χ3v) is 4.66. The minimum absolute atomic E-state index is 0.131. The number of hydrogen-bond donors (Lipinski definition) is 0. The number of para-hydroxylation sites is 1. The lowest BCUT2D eigenvalue weighted by atomic mass is 10.2. The van der Waals surface area contributed by atoms with E-state index in [1.54, 1.807) is 22.5 Å². The summed E-state index contributed by atoms with van der Waals surface area (Å²) in [6, 6.07) is 14.9. The van der Waals surface area contributed by atoms with Crippen LogP contribution in [0.3, 0.4) is 0 Å². The van der Waals surface area contributed by atoms with Crippen molar-refractivity contribution >= 4 is 23.0 Å². The highest BCUT2D eigenvalue weighted by Crippen LogP contribution is 2.19. The first-order valence-electron chi connectivity index (χ1n) is 9.67. The number of benzene rings is 1. The van der Waals surface area contributed by atoms with Crippen LogP contribution >= 0.6 is 0 Å². The minimum Gasteiger partial charge on any atom is -0.337 e. The third-order valence-electron chi connectivity index (χ3n) is 4.66. The molecule has 2 aromatic heterocycles. The number of amides is 2. The highest BCUT2D eigenvalue weighted by molar-refractivity contribution is 6.07. The molecule has 146 valence electrons. The normalized spacial score (nSPS) is 10.8. The van der Waals surface area contributed by atoms with Crippen molar-refractivity contribution in [3.63, 3.8) is 0 Å². The van der Waals surface area contributed by atoms with Gasteiger partial charge >= 0.3 is 0 Å². The topological polar surface area (TPSA) is 57.9 Å². The van der Waals surface area contributed by atoms with E-state index < -0.39 is 0 Å². The number of anilines is 1. The van der Waals surface area contributed by atoms with Crippen LogP contribution in [-0.2, 0) is 0 Å². The van der Waals surface area contributed by atoms with Crippen LogP contribution in [0.25, 0.3) is 5.52 Å². The molecule has 6 heteroatoms. The first kappa shape index (κ1) is 19.6. The molecule has 0 radical (unpaired) electrons. The number of carbonyl (C=O) groups excluding carboxylic acids is 2. The molecule has 3 rings (SSSR count). The number of rotatable bonds is 7. The van der Waals surface area contributed by atoms with Crippen LogP contribution in [0.5, 0.6) is 0 Å². The van der Waals surface area contributed by atoms with Gasteiger partial charge in [-0.15, -0.1) is 0 Å². The molecule has 3 aromatic rings. The van der Waals surface area contributed by atoms with Crippen LogP contribution in [0, 0.1) is 0 Å². The van der Waals surface area contributed by atoms with Gasteiger partial charge in [0.25, 0.3) is 11.8 Å². The zero-order valence-electron chi connectivity index (χ0n) is 16.6. The van der Waals surface area contributed by atoms with Crippen molar-refractivity contribution in [3.05, 3.63) is 66.2 Å². The predicted molar refractivity (Wildman–Crippen MR) is 111 cm³/mol. The third kappa shape index (κ3) is 3.76. The van der Waals surface area contributed by atoms with Crippen molar-refractivity contribution in [1.82, 2.24) is 14.3 Å². The maximum Gasteiger partial charge on any atom is 0.294 e. The summed E-state index contributed by atoms with van der Waals surface area (Å²) in [4.78, 5) is 34.1. The van der Waals surface area contributed by atoms with Crippen molar-refractivity contribution < 1.29 is 9.59 Å². The summed E-state index contributed by atoms with van der Waals surface area (Å²) in [5, 5.41) is 0. The average molecular weight is 378 g/mol. The smallest absolute Gasteiger partial charge is 0.294 e. The summed E-state index contributed by atoms with van der Waals surface area (Å²) in [6.07, 6.45) is 3.52. The molecule has 0 spiro atoms. The second kappa shape index (κ2) is 8.69. The SMILES string of the molecule is CCCN(CCC)C(=O)c1nc(C(=O)N(C)c2ccccc2)n2ccccc12. The maximum absolute atomic E-state index is 13.1. The average Bonchev–Trinajstić information content (AvgIpc) is 3.12. The number of fused-ring (bicyclic) bond motifs is 1. The van der Waals surface area contributed by atoms with Crippen molar-refractivity contribution in [2.45, 2.75) is 26.7 Å². The first-order chi connectivity index (χ1) is 13.6. The zero-order valence-corrected chi connectivity index (χ0v) is 16.6. The molecule has 6 nitrogen and oxygen atoms in total. The van der Waals surface area contributed by atoms with Gasteiger partial charge in [0.05, 0.1) is 5.52 Å². The lowest BCUT2D eigenvalue weighted by molar-refractivity contribution is 0.0752. The molecule has 0 saturated carbocycles. The molecule has 0 atom stereocenters. The van der Waals surface area contributed by atoms with E-state index >= 15 is 0 Å². The van der Waals surface area contributed by atoms with E-state index in [2.05, 4.69) is 4.98 Å². The number of aromatic nitrogens is 2. The van der Waals surface area contributed by atoms with E-state index in [0.29, 0.717) is 24.3 Å². The molecule has 0 fully saturated rings. The van der Waals surface area contributed by atoms with Crippen LogP contribution in [-0.4, -0.2) is 46.2 Å². The Kier molecular flexibility index (Phi) is 6.09. The minimum atomic E-state index is -0.260. The Balaban J connectivity index is 2.03. The molecule has 0 aliphatic rings. The molecular formula is C22H26N4O2. The van der Waals surface area contributed by atoms with E-state index in [4.69, 9.17) is 0 Å². The van der Waals surface area contributed by atoms with Gasteiger partial charge in [0, 0.05) is 32.0 Å². The quantitative estimate of drug-likeness (QED) is 0.627. The van der Waals surface area contributed by atoms with Crippen LogP contribution in [0.2, 0.25) is 0 Å². The van der Waals surface area contributed by atoms with Crippen LogP contribution in [0.1, 0.15) is 47.8 Å². The van der Waals surface area contributed by atoms with Gasteiger partial charge < -0.3 is 9.80 Å². The molecule has 0 saturated heterocycles. The van der Waals surface area contributed by atoms with Gasteiger partial charge in [0.15, 0.2) is 5.69 Å². The molecule has 2 amide bonds. The van der Waals surface area contributed by atoms with Crippen molar-refractivity contribution in [1.29, 1.82) is 0 Å². The molecule has 0 N–H and O–H groups in total. The fraction of sp³-hybridized carbons (Fsp3) is 0.318. The Morgan fingerprint density at radius 3 is 2.21 bits per heavy atom. The molecule has 0 aliphatic carbocycles. The Hall–Kier alpha value is -3.15. The van der Waals surface area contributed by atoms with Gasteiger partial charge in [-0.05, 0) is 37.1 Å². The van der Waals surface area contributed by atoms with E-state index in [-0.39, 0.29) is 17.6 Å². The maximum atomic E-state index is 13.1. The van der Waals surface area contributed by atoms with E-state index in [1.807, 2.05) is 67.3 Å². The molecular weight excluding hydrogens is 352 g/mol. The van der Waals surface area contributed by atoms with E-state index in [9.17, 15) is 9.59 Å². The van der Waals surface area contributed by atoms with Crippen molar-refractivity contribution in [2.24, 2.45) is 0 Å². The van der Waals surface area contributed by atoms with Crippen LogP contribution in [0.15, 0.2) is 54.7 Å². The van der Waals surface area contributed by atoms with E-state index in [0.717, 1.165) is 18.5 Å². The molecule has 0 unspecified atom stereocenters. The van der Waals surface area contributed by atoms with Crippen LogP contribution in [0.4, 0.5) is 5.69 Å². The lowest BCUT2D eigenvalue weighted by Gasteiger charge is -2.20. The number of imidazole rings is 1. The first-order valence-corrected chi connectivity index (χ1v) is 9.67. The van der Waals surface area contributed by atoms with Gasteiger partial charge in [-0.2, -0.15) is 0 Å². The Morgan fingerprint density at radius 2 is 1.57 bits per heavy atom. The fourth-order valence-corrected chi connectivity index (χ4v) is 3.27. The molecule has 0 aliphatic heterocycles. The number of carbonyl (C=O) groups is 2. The lowest BCUT2D eigenvalue weighted by Crippen LogP contribution is -2.33. The summed E-state index contributed by atoms with van der Waals surface area (Å²) in [6.45, 7) is 5.44. The number of nitrogens with zero attached hydrogens (tertiary/aromatic N) is 4. The number of pyridine rings is 1. The Bertz CT molecular complexity index is 959. The highest BCUT2D eigenvalue weighted by Gasteiger charge is 2.26. The Labute approximate surface area is 165 Å². The largest absolute Gasteiger partial charge is 0.337 e. The van der Waals surface area contributed by atoms with Crippen molar-refractivity contribution in [3.8, 4) is 0 Å². The zero-order chi connectivity index (χ0) is 20.1. The standard InChI is InChI=1S/C22H26N4O2/c1-4-14-25(15-5-2)21(27)19-18-13-9-10-16-26(18)20(23-19)22(28)24(3)17-11-7-6-8-12-17/h6-13,16H,4-5,14-15H2,1-3H3. The second-order valence-corrected chi connectivity index (χ2v) is 6.73. The van der Waals surface area contributed by atoms with E-state index in [1.165, 1.54) is 0 Å². The van der Waals surface area contributed by atoms with Gasteiger partial charge in [0.1, 0.15) is 0 Å². The highest BCUT2D eigenvalue weighted by atomic mass is 16.2. The summed E-state index contributed by atoms with van der Waals surface area (Å²) < 4.78 is 1.70. The second-order valence-electron chi connectivity index (χ2n) is 6.73. The van der Waals surface area contributed by atoms with Crippen molar-refractivity contribution in [2.75, 3.05) is 25.0 Å². The molecule has 28 heavy (non-hydrogen) atoms. The van der Waals surface area contributed by atoms with Gasteiger partial charge in [-0.25, -0.2) is 4.98 Å². The van der Waals surface area contributed by atoms with Gasteiger partial charge in [-0.3, -0.25) is 14.0 Å². The van der Waals surface area contributed by atoms with Crippen LogP contribution < -0.4 is 4.90 Å². The Morgan fingerprint density at radius 1 is 0.929 bits per heavy atom. The molecule has 2 heterocycles. The van der Waals surface area contributed by atoms with Gasteiger partial charge in [0.2, 0.25) is 5.82 Å². The fourth-order valence-electron chi connectivity index (χ4n) is 3.27. The van der Waals surface area contributed by atoms with Gasteiger partial charge in [-0.1, -0.05) is 38.1 Å². The monoisotopic (exact) mass is 378 g/mol. The summed E-state index contributed by atoms with van der Waals surface area (Å²) in [5.74, 6) is -0.156.